The standard InChI is InChI=1S/C24H26FN3O7/c1-12-9-27(7-6-26(12)11-18-13(2)34-24(32)35-18)20-17(25)8-15-19(22(20)33-3)28(14-4-5-14)10-16(21(15)29)23(30)31/h8,10,12,14H,4-7,9,11H2,1-3H3,(H,30,31). The molecule has 11 heteroatoms. The summed E-state index contributed by atoms with van der Waals surface area (Å²) < 4.78 is 33.0. The van der Waals surface area contributed by atoms with Gasteiger partial charge in [0.2, 0.25) is 5.43 Å². The first-order chi connectivity index (χ1) is 16.7. The van der Waals surface area contributed by atoms with Crippen molar-refractivity contribution in [2.75, 3.05) is 31.6 Å². The van der Waals surface area contributed by atoms with Crippen LogP contribution < -0.4 is 20.9 Å². The van der Waals surface area contributed by atoms with E-state index in [4.69, 9.17) is 13.6 Å². The van der Waals surface area contributed by atoms with Crippen molar-refractivity contribution in [2.24, 2.45) is 0 Å². The van der Waals surface area contributed by atoms with Crippen molar-refractivity contribution < 1.29 is 27.9 Å². The van der Waals surface area contributed by atoms with Crippen LogP contribution in [-0.4, -0.2) is 53.3 Å². The molecule has 2 aromatic heterocycles. The van der Waals surface area contributed by atoms with Crippen LogP contribution in [0.3, 0.4) is 0 Å². The molecule has 1 aliphatic heterocycles. The minimum atomic E-state index is -1.34. The zero-order valence-corrected chi connectivity index (χ0v) is 19.7. The van der Waals surface area contributed by atoms with Crippen molar-refractivity contribution >= 4 is 22.6 Å². The highest BCUT2D eigenvalue weighted by Gasteiger charge is 2.33. The minimum absolute atomic E-state index is 0.00736. The van der Waals surface area contributed by atoms with Gasteiger partial charge in [0.15, 0.2) is 17.3 Å². The van der Waals surface area contributed by atoms with Crippen molar-refractivity contribution in [2.45, 2.75) is 45.3 Å². The molecule has 2 fully saturated rings. The van der Waals surface area contributed by atoms with Gasteiger partial charge >= 0.3 is 11.8 Å². The number of rotatable bonds is 6. The summed E-state index contributed by atoms with van der Waals surface area (Å²) in [6, 6.07) is 1.14. The minimum Gasteiger partial charge on any atom is -0.492 e. The summed E-state index contributed by atoms with van der Waals surface area (Å²) in [5.41, 5.74) is -0.466. The van der Waals surface area contributed by atoms with Crippen LogP contribution in [0.15, 0.2) is 30.7 Å². The number of piperazine rings is 1. The van der Waals surface area contributed by atoms with Crippen LogP contribution in [0.25, 0.3) is 10.9 Å². The molecule has 1 atom stereocenters. The number of hydrogen-bond acceptors (Lipinski definition) is 8. The molecular formula is C24H26FN3O7. The highest BCUT2D eigenvalue weighted by molar-refractivity contribution is 5.97. The predicted molar refractivity (Wildman–Crippen MR) is 124 cm³/mol. The monoisotopic (exact) mass is 487 g/mol. The maximum atomic E-state index is 15.5. The van der Waals surface area contributed by atoms with E-state index in [2.05, 4.69) is 4.90 Å². The topological polar surface area (TPSA) is 118 Å². The number of aromatic nitrogens is 1. The van der Waals surface area contributed by atoms with Crippen molar-refractivity contribution in [3.63, 3.8) is 0 Å². The quantitative estimate of drug-likeness (QED) is 0.560. The molecule has 0 spiro atoms. The Balaban J connectivity index is 1.54. The summed E-state index contributed by atoms with van der Waals surface area (Å²) in [5.74, 6) is -1.60. The molecule has 1 saturated carbocycles. The van der Waals surface area contributed by atoms with E-state index in [1.807, 2.05) is 11.8 Å². The van der Waals surface area contributed by atoms with Crippen LogP contribution in [0, 0.1) is 12.7 Å². The van der Waals surface area contributed by atoms with Crippen LogP contribution in [0.1, 0.15) is 47.7 Å². The number of ether oxygens (including phenoxy) is 1. The molecule has 3 aromatic rings. The zero-order valence-electron chi connectivity index (χ0n) is 19.7. The van der Waals surface area contributed by atoms with Crippen molar-refractivity contribution in [3.8, 4) is 5.75 Å². The fraction of sp³-hybridized carbons (Fsp3) is 0.458. The molecule has 0 amide bonds. The SMILES string of the molecule is COc1c(N2CCN(Cc3oc(=O)oc3C)C(C)C2)c(F)cc2c(=O)c(C(=O)O)cn(C3CC3)c12. The second-order valence-electron chi connectivity index (χ2n) is 9.15. The molecule has 5 rings (SSSR count). The van der Waals surface area contributed by atoms with E-state index in [9.17, 15) is 19.5 Å². The van der Waals surface area contributed by atoms with E-state index in [1.54, 1.807) is 11.5 Å². The normalized spacial score (nSPS) is 18.9. The summed E-state index contributed by atoms with van der Waals surface area (Å²) in [6.45, 7) is 5.54. The highest BCUT2D eigenvalue weighted by atomic mass is 19.1. The maximum Gasteiger partial charge on any atom is 0.519 e. The first-order valence-electron chi connectivity index (χ1n) is 11.5. The molecule has 2 aliphatic rings. The summed E-state index contributed by atoms with van der Waals surface area (Å²) in [4.78, 5) is 39.9. The van der Waals surface area contributed by atoms with Gasteiger partial charge in [-0.3, -0.25) is 9.69 Å². The Kier molecular flexibility index (Phi) is 5.66. The molecule has 1 N–H and O–H groups in total. The summed E-state index contributed by atoms with van der Waals surface area (Å²) in [7, 11) is 1.42. The zero-order chi connectivity index (χ0) is 25.0. The van der Waals surface area contributed by atoms with Gasteiger partial charge in [0, 0.05) is 37.9 Å². The molecular weight excluding hydrogens is 461 g/mol. The summed E-state index contributed by atoms with van der Waals surface area (Å²) in [6.07, 6.45) is 3.02. The molecule has 0 bridgehead atoms. The molecule has 1 saturated heterocycles. The van der Waals surface area contributed by atoms with Gasteiger partial charge in [0.05, 0.1) is 24.6 Å². The molecule has 0 radical (unpaired) electrons. The number of carboxylic acids is 1. The molecule has 1 aromatic carbocycles. The lowest BCUT2D eigenvalue weighted by Gasteiger charge is -2.41. The first-order valence-corrected chi connectivity index (χ1v) is 11.5. The van der Waals surface area contributed by atoms with Gasteiger partial charge in [-0.2, -0.15) is 0 Å². The second-order valence-corrected chi connectivity index (χ2v) is 9.15. The number of anilines is 1. The predicted octanol–water partition coefficient (Wildman–Crippen LogP) is 2.75. The van der Waals surface area contributed by atoms with Crippen molar-refractivity contribution in [1.29, 1.82) is 0 Å². The van der Waals surface area contributed by atoms with Crippen LogP contribution in [-0.2, 0) is 6.54 Å². The number of methoxy groups -OCH3 is 1. The second kappa shape index (κ2) is 8.56. The number of hydrogen-bond donors (Lipinski definition) is 1. The van der Waals surface area contributed by atoms with E-state index in [-0.39, 0.29) is 34.5 Å². The molecule has 3 heterocycles. The van der Waals surface area contributed by atoms with Crippen molar-refractivity contribution in [1.82, 2.24) is 9.47 Å². The van der Waals surface area contributed by atoms with Gasteiger partial charge in [-0.25, -0.2) is 14.0 Å². The average Bonchev–Trinajstić information content (AvgIpc) is 3.59. The fourth-order valence-electron chi connectivity index (χ4n) is 4.86. The van der Waals surface area contributed by atoms with Gasteiger partial charge in [0.25, 0.3) is 0 Å². The van der Waals surface area contributed by atoms with Crippen LogP contribution in [0.5, 0.6) is 5.75 Å². The number of benzene rings is 1. The maximum absolute atomic E-state index is 15.5. The number of carbonyl (C=O) groups is 1. The molecule has 10 nitrogen and oxygen atoms in total. The van der Waals surface area contributed by atoms with Crippen LogP contribution >= 0.6 is 0 Å². The molecule has 186 valence electrons. The number of aryl methyl sites for hydroxylation is 1. The lowest BCUT2D eigenvalue weighted by atomic mass is 10.1. The number of nitrogens with zero attached hydrogens (tertiary/aromatic N) is 3. The van der Waals surface area contributed by atoms with Crippen LogP contribution in [0.2, 0.25) is 0 Å². The smallest absolute Gasteiger partial charge is 0.492 e. The number of fused-ring (bicyclic) bond motifs is 1. The van der Waals surface area contributed by atoms with Gasteiger partial charge in [-0.15, -0.1) is 0 Å². The van der Waals surface area contributed by atoms with E-state index >= 15 is 4.39 Å². The first kappa shape index (κ1) is 23.2. The average molecular weight is 487 g/mol. The Morgan fingerprint density at radius 2 is 2.00 bits per heavy atom. The Morgan fingerprint density at radius 3 is 2.57 bits per heavy atom. The Morgan fingerprint density at radius 1 is 1.26 bits per heavy atom. The van der Waals surface area contributed by atoms with Crippen LogP contribution in [0.4, 0.5) is 10.1 Å². The third-order valence-corrected chi connectivity index (χ3v) is 6.84. The Labute approximate surface area is 199 Å². The number of pyridine rings is 1. The third kappa shape index (κ3) is 3.99. The molecule has 1 unspecified atom stereocenters. The number of aromatic carboxylic acids is 1. The van der Waals surface area contributed by atoms with E-state index in [0.717, 1.165) is 18.9 Å². The number of carboxylic acid groups (broad SMARTS) is 1. The summed E-state index contributed by atoms with van der Waals surface area (Å²) in [5, 5.41) is 9.50. The highest BCUT2D eigenvalue weighted by Crippen LogP contribution is 2.44. The van der Waals surface area contributed by atoms with Gasteiger partial charge < -0.3 is 28.1 Å². The van der Waals surface area contributed by atoms with Gasteiger partial charge in [-0.05, 0) is 32.8 Å². The van der Waals surface area contributed by atoms with Gasteiger partial charge in [0.1, 0.15) is 17.0 Å². The lowest BCUT2D eigenvalue weighted by Crippen LogP contribution is -2.51. The summed E-state index contributed by atoms with van der Waals surface area (Å²) >= 11 is 0. The Bertz CT molecular complexity index is 1440. The largest absolute Gasteiger partial charge is 0.519 e. The molecule has 1 aliphatic carbocycles. The third-order valence-electron chi connectivity index (χ3n) is 6.84. The lowest BCUT2D eigenvalue weighted by molar-refractivity contribution is 0.0694. The Hall–Kier alpha value is -3.60. The van der Waals surface area contributed by atoms with E-state index < -0.39 is 23.0 Å². The van der Waals surface area contributed by atoms with E-state index in [0.29, 0.717) is 43.2 Å². The van der Waals surface area contributed by atoms with E-state index in [1.165, 1.54) is 13.3 Å². The molecule has 35 heavy (non-hydrogen) atoms. The number of halogens is 1. The van der Waals surface area contributed by atoms with Gasteiger partial charge in [-0.1, -0.05) is 0 Å². The fourth-order valence-corrected chi connectivity index (χ4v) is 4.86. The van der Waals surface area contributed by atoms with Crippen molar-refractivity contribution in [3.05, 3.63) is 56.0 Å².